The van der Waals surface area contributed by atoms with E-state index in [1.54, 1.807) is 24.2 Å². The van der Waals surface area contributed by atoms with Gasteiger partial charge in [0.2, 0.25) is 5.95 Å². The molecule has 0 atom stereocenters. The van der Waals surface area contributed by atoms with Crippen molar-refractivity contribution in [2.45, 2.75) is 6.54 Å². The van der Waals surface area contributed by atoms with E-state index >= 15 is 0 Å². The van der Waals surface area contributed by atoms with Gasteiger partial charge < -0.3 is 4.90 Å². The minimum Gasteiger partial charge on any atom is -0.336 e. The summed E-state index contributed by atoms with van der Waals surface area (Å²) in [4.78, 5) is 22.2. The zero-order chi connectivity index (χ0) is 16.7. The molecule has 1 aromatic carbocycles. The lowest BCUT2D eigenvalue weighted by Gasteiger charge is -2.14. The number of aromatic nitrogens is 2. The lowest BCUT2D eigenvalue weighted by atomic mass is 9.95. The largest absolute Gasteiger partial charge is 0.336 e. The van der Waals surface area contributed by atoms with Gasteiger partial charge in [0.15, 0.2) is 0 Å². The monoisotopic (exact) mass is 319 g/mol. The van der Waals surface area contributed by atoms with Gasteiger partial charge in [0.05, 0.1) is 0 Å². The van der Waals surface area contributed by atoms with E-state index in [9.17, 15) is 9.18 Å². The van der Waals surface area contributed by atoms with Crippen molar-refractivity contribution in [3.63, 3.8) is 0 Å². The zero-order valence-corrected chi connectivity index (χ0v) is 13.0. The highest BCUT2D eigenvalue weighted by Crippen LogP contribution is 2.34. The molecule has 0 unspecified atom stereocenters. The molecule has 0 fully saturated rings. The molecule has 1 amide bonds. The Balaban J connectivity index is 1.92. The first kappa shape index (κ1) is 14.5. The van der Waals surface area contributed by atoms with Crippen LogP contribution in [0, 0.1) is 5.95 Å². The van der Waals surface area contributed by atoms with Crippen LogP contribution in [0.2, 0.25) is 0 Å². The summed E-state index contributed by atoms with van der Waals surface area (Å²) >= 11 is 0. The minimum absolute atomic E-state index is 0.0909. The van der Waals surface area contributed by atoms with Crippen LogP contribution in [0.5, 0.6) is 0 Å². The molecule has 2 aromatic heterocycles. The number of fused-ring (bicyclic) bond motifs is 3. The molecule has 118 valence electrons. The van der Waals surface area contributed by atoms with Crippen molar-refractivity contribution in [2.75, 3.05) is 7.05 Å². The Bertz CT molecular complexity index is 938. The minimum atomic E-state index is -0.504. The second-order valence-electron chi connectivity index (χ2n) is 5.80. The van der Waals surface area contributed by atoms with Gasteiger partial charge in [-0.2, -0.15) is 4.39 Å². The van der Waals surface area contributed by atoms with E-state index in [2.05, 4.69) is 9.97 Å². The fourth-order valence-electron chi connectivity index (χ4n) is 2.99. The quantitative estimate of drug-likeness (QED) is 0.645. The van der Waals surface area contributed by atoms with Gasteiger partial charge in [0.1, 0.15) is 5.69 Å². The van der Waals surface area contributed by atoms with Gasteiger partial charge in [-0.25, -0.2) is 4.98 Å². The molecule has 1 aliphatic heterocycles. The lowest BCUT2D eigenvalue weighted by molar-refractivity contribution is 0.0783. The highest BCUT2D eigenvalue weighted by atomic mass is 19.1. The second kappa shape index (κ2) is 5.53. The Morgan fingerprint density at radius 2 is 1.88 bits per heavy atom. The number of benzene rings is 1. The molecule has 0 saturated heterocycles. The Morgan fingerprint density at radius 3 is 2.67 bits per heavy atom. The number of hydrogen-bond donors (Lipinski definition) is 0. The van der Waals surface area contributed by atoms with E-state index in [4.69, 9.17) is 0 Å². The van der Waals surface area contributed by atoms with Gasteiger partial charge in [-0.1, -0.05) is 18.2 Å². The molecule has 4 nitrogen and oxygen atoms in total. The first-order valence-corrected chi connectivity index (χ1v) is 7.59. The van der Waals surface area contributed by atoms with Gasteiger partial charge >= 0.3 is 0 Å². The molecule has 3 heterocycles. The maximum atomic E-state index is 13.1. The van der Waals surface area contributed by atoms with Gasteiger partial charge in [-0.3, -0.25) is 9.78 Å². The highest BCUT2D eigenvalue weighted by molar-refractivity contribution is 6.00. The molecule has 0 aliphatic carbocycles. The average Bonchev–Trinajstić information content (AvgIpc) is 2.71. The number of nitrogens with zero attached hydrogens (tertiary/aromatic N) is 3. The number of pyridine rings is 2. The summed E-state index contributed by atoms with van der Waals surface area (Å²) in [7, 11) is 1.77. The summed E-state index contributed by atoms with van der Waals surface area (Å²) in [6.45, 7) is 0.520. The molecule has 0 spiro atoms. The van der Waals surface area contributed by atoms with E-state index in [1.165, 1.54) is 12.3 Å². The van der Waals surface area contributed by atoms with Crippen LogP contribution in [0.25, 0.3) is 22.3 Å². The van der Waals surface area contributed by atoms with Crippen LogP contribution in [-0.2, 0) is 6.54 Å². The van der Waals surface area contributed by atoms with Crippen molar-refractivity contribution in [3.8, 4) is 22.3 Å². The number of halogens is 1. The summed E-state index contributed by atoms with van der Waals surface area (Å²) in [5.74, 6) is -0.595. The highest BCUT2D eigenvalue weighted by Gasteiger charge is 2.24. The Kier molecular flexibility index (Phi) is 3.34. The smallest absolute Gasteiger partial charge is 0.273 e. The first-order chi connectivity index (χ1) is 11.6. The van der Waals surface area contributed by atoms with Crippen molar-refractivity contribution in [1.29, 1.82) is 0 Å². The fourth-order valence-corrected chi connectivity index (χ4v) is 2.99. The number of carbonyl (C=O) groups excluding carboxylic acids is 1. The summed E-state index contributed by atoms with van der Waals surface area (Å²) < 4.78 is 13.1. The van der Waals surface area contributed by atoms with Crippen molar-refractivity contribution in [3.05, 3.63) is 72.1 Å². The van der Waals surface area contributed by atoms with Crippen LogP contribution in [-0.4, -0.2) is 27.8 Å². The van der Waals surface area contributed by atoms with Crippen molar-refractivity contribution >= 4 is 5.91 Å². The molecule has 0 bridgehead atoms. The van der Waals surface area contributed by atoms with Crippen LogP contribution in [0.3, 0.4) is 0 Å². The van der Waals surface area contributed by atoms with Crippen LogP contribution in [0.15, 0.2) is 54.9 Å². The lowest BCUT2D eigenvalue weighted by Crippen LogP contribution is -2.25. The molecule has 24 heavy (non-hydrogen) atoms. The SMILES string of the molecule is CN1Cc2ccc(-c3ccc(F)nc3)cc2-c2cccnc2C1=O. The summed E-state index contributed by atoms with van der Waals surface area (Å²) in [5, 5.41) is 0. The topological polar surface area (TPSA) is 46.1 Å². The molecular weight excluding hydrogens is 305 g/mol. The maximum Gasteiger partial charge on any atom is 0.273 e. The summed E-state index contributed by atoms with van der Waals surface area (Å²) in [6, 6.07) is 12.7. The van der Waals surface area contributed by atoms with E-state index in [0.717, 1.165) is 27.8 Å². The average molecular weight is 319 g/mol. The standard InChI is InChI=1S/C19H14FN3O/c1-23-11-14-5-4-12(13-6-7-17(20)22-10-13)9-16(14)15-3-2-8-21-18(15)19(23)24/h2-10H,11H2,1H3. The Hall–Kier alpha value is -3.08. The van der Waals surface area contributed by atoms with E-state index in [1.807, 2.05) is 30.3 Å². The normalized spacial score (nSPS) is 13.2. The molecular formula is C19H14FN3O. The van der Waals surface area contributed by atoms with Crippen LogP contribution < -0.4 is 0 Å². The first-order valence-electron chi connectivity index (χ1n) is 7.59. The van der Waals surface area contributed by atoms with E-state index in [0.29, 0.717) is 12.2 Å². The third-order valence-electron chi connectivity index (χ3n) is 4.23. The zero-order valence-electron chi connectivity index (χ0n) is 13.0. The van der Waals surface area contributed by atoms with Gasteiger partial charge in [0.25, 0.3) is 5.91 Å². The fraction of sp³-hybridized carbons (Fsp3) is 0.105. The molecule has 1 aliphatic rings. The van der Waals surface area contributed by atoms with Crippen molar-refractivity contribution < 1.29 is 9.18 Å². The third kappa shape index (κ3) is 2.34. The number of carbonyl (C=O) groups is 1. The van der Waals surface area contributed by atoms with Crippen molar-refractivity contribution in [1.82, 2.24) is 14.9 Å². The summed E-state index contributed by atoms with van der Waals surface area (Å²) in [5.41, 5.74) is 5.04. The molecule has 0 N–H and O–H groups in total. The second-order valence-corrected chi connectivity index (χ2v) is 5.80. The molecule has 3 aromatic rings. The van der Waals surface area contributed by atoms with Crippen LogP contribution in [0.4, 0.5) is 4.39 Å². The van der Waals surface area contributed by atoms with Crippen LogP contribution >= 0.6 is 0 Å². The summed E-state index contributed by atoms with van der Waals surface area (Å²) in [6.07, 6.45) is 3.14. The predicted octanol–water partition coefficient (Wildman–Crippen LogP) is 3.54. The van der Waals surface area contributed by atoms with Gasteiger partial charge in [-0.15, -0.1) is 0 Å². The van der Waals surface area contributed by atoms with E-state index in [-0.39, 0.29) is 5.91 Å². The van der Waals surface area contributed by atoms with E-state index < -0.39 is 5.95 Å². The molecule has 5 heteroatoms. The Morgan fingerprint density at radius 1 is 1.04 bits per heavy atom. The Labute approximate surface area is 138 Å². The molecule has 0 saturated carbocycles. The molecule has 0 radical (unpaired) electrons. The van der Waals surface area contributed by atoms with Gasteiger partial charge in [-0.05, 0) is 41.0 Å². The predicted molar refractivity (Wildman–Crippen MR) is 88.7 cm³/mol. The van der Waals surface area contributed by atoms with Gasteiger partial charge in [0, 0.05) is 37.1 Å². The van der Waals surface area contributed by atoms with Crippen LogP contribution in [0.1, 0.15) is 16.1 Å². The molecule has 4 rings (SSSR count). The third-order valence-corrected chi connectivity index (χ3v) is 4.23. The van der Waals surface area contributed by atoms with Crippen molar-refractivity contribution in [2.24, 2.45) is 0 Å². The number of hydrogen-bond acceptors (Lipinski definition) is 3. The number of rotatable bonds is 1. The number of amides is 1. The maximum absolute atomic E-state index is 13.1.